The summed E-state index contributed by atoms with van der Waals surface area (Å²) in [6.45, 7) is 4.36. The minimum atomic E-state index is -0.357. The Balaban J connectivity index is 1.91. The summed E-state index contributed by atoms with van der Waals surface area (Å²) in [6, 6.07) is 17.3. The molecule has 0 aromatic heterocycles. The predicted molar refractivity (Wildman–Crippen MR) is 87.6 cm³/mol. The molecule has 0 radical (unpaired) electrons. The van der Waals surface area contributed by atoms with Gasteiger partial charge >= 0.3 is 5.97 Å². The van der Waals surface area contributed by atoms with Gasteiger partial charge in [0.1, 0.15) is 12.4 Å². The highest BCUT2D eigenvalue weighted by Crippen LogP contribution is 2.15. The smallest absolute Gasteiger partial charge is 0.337 e. The van der Waals surface area contributed by atoms with Crippen molar-refractivity contribution in [1.82, 2.24) is 0 Å². The number of hydrogen-bond acceptors (Lipinski definition) is 4. The molecule has 0 spiro atoms. The maximum absolute atomic E-state index is 11.5. The van der Waals surface area contributed by atoms with Crippen LogP contribution >= 0.6 is 0 Å². The van der Waals surface area contributed by atoms with Gasteiger partial charge in [0.15, 0.2) is 0 Å². The number of hydrogen-bond donors (Lipinski definition) is 0. The molecule has 0 aliphatic rings. The molecule has 0 saturated carbocycles. The lowest BCUT2D eigenvalue weighted by molar-refractivity contribution is 0.0600. The lowest BCUT2D eigenvalue weighted by Gasteiger charge is -2.23. The zero-order valence-corrected chi connectivity index (χ0v) is 13.0. The number of carbonyl (C=O) groups is 1. The molecular formula is C18H21NO3. The van der Waals surface area contributed by atoms with Crippen LogP contribution in [0.5, 0.6) is 5.75 Å². The van der Waals surface area contributed by atoms with Crippen molar-refractivity contribution >= 4 is 11.7 Å². The SMILES string of the molecule is CCN(CCOc1cccc(C(=O)OC)c1)c1ccccc1. The monoisotopic (exact) mass is 299 g/mol. The largest absolute Gasteiger partial charge is 0.492 e. The molecule has 4 heteroatoms. The first kappa shape index (κ1) is 15.9. The van der Waals surface area contributed by atoms with E-state index in [1.165, 1.54) is 12.8 Å². The molecule has 0 saturated heterocycles. The molecule has 0 aliphatic heterocycles. The first-order chi connectivity index (χ1) is 10.7. The Morgan fingerprint density at radius 2 is 1.86 bits per heavy atom. The van der Waals surface area contributed by atoms with Gasteiger partial charge in [0.05, 0.1) is 19.2 Å². The molecular weight excluding hydrogens is 278 g/mol. The van der Waals surface area contributed by atoms with Crippen molar-refractivity contribution in [2.45, 2.75) is 6.92 Å². The number of ether oxygens (including phenoxy) is 2. The molecule has 0 N–H and O–H groups in total. The van der Waals surface area contributed by atoms with Crippen LogP contribution in [0.15, 0.2) is 54.6 Å². The molecule has 0 heterocycles. The van der Waals surface area contributed by atoms with Gasteiger partial charge < -0.3 is 14.4 Å². The molecule has 0 atom stereocenters. The van der Waals surface area contributed by atoms with Gasteiger partial charge in [0.25, 0.3) is 0 Å². The van der Waals surface area contributed by atoms with Crippen molar-refractivity contribution in [1.29, 1.82) is 0 Å². The number of para-hydroxylation sites is 1. The summed E-state index contributed by atoms with van der Waals surface area (Å²) in [4.78, 5) is 13.7. The third-order valence-electron chi connectivity index (χ3n) is 3.39. The molecule has 0 aliphatic carbocycles. The van der Waals surface area contributed by atoms with Gasteiger partial charge in [-0.25, -0.2) is 4.79 Å². The maximum atomic E-state index is 11.5. The Morgan fingerprint density at radius 1 is 1.09 bits per heavy atom. The fraction of sp³-hybridized carbons (Fsp3) is 0.278. The van der Waals surface area contributed by atoms with Crippen molar-refractivity contribution < 1.29 is 14.3 Å². The van der Waals surface area contributed by atoms with E-state index in [9.17, 15) is 4.79 Å². The van der Waals surface area contributed by atoms with Gasteiger partial charge in [-0.1, -0.05) is 24.3 Å². The molecule has 4 nitrogen and oxygen atoms in total. The number of likely N-dealkylation sites (N-methyl/N-ethyl adjacent to an activating group) is 1. The van der Waals surface area contributed by atoms with E-state index in [0.717, 1.165) is 13.1 Å². The molecule has 0 fully saturated rings. The Morgan fingerprint density at radius 3 is 2.55 bits per heavy atom. The van der Waals surface area contributed by atoms with Crippen LogP contribution in [0, 0.1) is 0 Å². The molecule has 2 rings (SSSR count). The van der Waals surface area contributed by atoms with Gasteiger partial charge in [-0.15, -0.1) is 0 Å². The highest BCUT2D eigenvalue weighted by atomic mass is 16.5. The zero-order chi connectivity index (χ0) is 15.8. The molecule has 0 bridgehead atoms. The average Bonchev–Trinajstić information content (AvgIpc) is 2.59. The first-order valence-corrected chi connectivity index (χ1v) is 7.35. The maximum Gasteiger partial charge on any atom is 0.337 e. The van der Waals surface area contributed by atoms with Crippen molar-refractivity contribution in [3.63, 3.8) is 0 Å². The van der Waals surface area contributed by atoms with E-state index < -0.39 is 0 Å². The number of rotatable bonds is 7. The predicted octanol–water partition coefficient (Wildman–Crippen LogP) is 3.38. The van der Waals surface area contributed by atoms with Crippen LogP contribution in [0.25, 0.3) is 0 Å². The van der Waals surface area contributed by atoms with Crippen LogP contribution in [-0.4, -0.2) is 32.8 Å². The summed E-state index contributed by atoms with van der Waals surface area (Å²) in [5.41, 5.74) is 1.67. The van der Waals surface area contributed by atoms with E-state index in [1.807, 2.05) is 24.3 Å². The number of carbonyl (C=O) groups excluding carboxylic acids is 1. The second-order valence-corrected chi connectivity index (χ2v) is 4.78. The standard InChI is InChI=1S/C18H21NO3/c1-3-19(16-9-5-4-6-10-16)12-13-22-17-11-7-8-15(14-17)18(20)21-2/h4-11,14H,3,12-13H2,1-2H3. The molecule has 0 unspecified atom stereocenters. The zero-order valence-electron chi connectivity index (χ0n) is 13.0. The van der Waals surface area contributed by atoms with Crippen LogP contribution in [0.4, 0.5) is 5.69 Å². The number of esters is 1. The molecule has 0 amide bonds. The Kier molecular flexibility index (Phi) is 5.83. The number of methoxy groups -OCH3 is 1. The van der Waals surface area contributed by atoms with E-state index in [1.54, 1.807) is 18.2 Å². The van der Waals surface area contributed by atoms with E-state index in [2.05, 4.69) is 24.0 Å². The summed E-state index contributed by atoms with van der Waals surface area (Å²) >= 11 is 0. The van der Waals surface area contributed by atoms with Crippen LogP contribution in [0.3, 0.4) is 0 Å². The van der Waals surface area contributed by atoms with E-state index in [-0.39, 0.29) is 5.97 Å². The molecule has 22 heavy (non-hydrogen) atoms. The molecule has 2 aromatic carbocycles. The van der Waals surface area contributed by atoms with Crippen molar-refractivity contribution in [3.8, 4) is 5.75 Å². The highest BCUT2D eigenvalue weighted by molar-refractivity contribution is 5.89. The average molecular weight is 299 g/mol. The lowest BCUT2D eigenvalue weighted by Crippen LogP contribution is -2.27. The normalized spacial score (nSPS) is 10.1. The van der Waals surface area contributed by atoms with Crippen LogP contribution in [0.1, 0.15) is 17.3 Å². The van der Waals surface area contributed by atoms with Crippen LogP contribution < -0.4 is 9.64 Å². The van der Waals surface area contributed by atoms with Crippen molar-refractivity contribution in [2.75, 3.05) is 31.7 Å². The lowest BCUT2D eigenvalue weighted by atomic mass is 10.2. The van der Waals surface area contributed by atoms with Crippen LogP contribution in [0.2, 0.25) is 0 Å². The van der Waals surface area contributed by atoms with Crippen LogP contribution in [-0.2, 0) is 4.74 Å². The summed E-state index contributed by atoms with van der Waals surface area (Å²) in [5, 5.41) is 0. The van der Waals surface area contributed by atoms with Crippen molar-refractivity contribution in [2.24, 2.45) is 0 Å². The topological polar surface area (TPSA) is 38.8 Å². The van der Waals surface area contributed by atoms with Gasteiger partial charge in [0.2, 0.25) is 0 Å². The molecule has 2 aromatic rings. The van der Waals surface area contributed by atoms with Gasteiger partial charge in [-0.05, 0) is 37.3 Å². The second kappa shape index (κ2) is 8.08. The summed E-state index contributed by atoms with van der Waals surface area (Å²) in [5.74, 6) is 0.317. The van der Waals surface area contributed by atoms with E-state index in [0.29, 0.717) is 17.9 Å². The third-order valence-corrected chi connectivity index (χ3v) is 3.39. The van der Waals surface area contributed by atoms with E-state index >= 15 is 0 Å². The van der Waals surface area contributed by atoms with Gasteiger partial charge in [-0.3, -0.25) is 0 Å². The molecule has 116 valence electrons. The summed E-state index contributed by atoms with van der Waals surface area (Å²) in [7, 11) is 1.37. The summed E-state index contributed by atoms with van der Waals surface area (Å²) in [6.07, 6.45) is 0. The number of anilines is 1. The minimum Gasteiger partial charge on any atom is -0.492 e. The summed E-state index contributed by atoms with van der Waals surface area (Å²) < 4.78 is 10.5. The fourth-order valence-corrected chi connectivity index (χ4v) is 2.21. The van der Waals surface area contributed by atoms with Gasteiger partial charge in [0, 0.05) is 12.2 Å². The Labute approximate surface area is 131 Å². The second-order valence-electron chi connectivity index (χ2n) is 4.78. The van der Waals surface area contributed by atoms with Gasteiger partial charge in [-0.2, -0.15) is 0 Å². The fourth-order valence-electron chi connectivity index (χ4n) is 2.21. The number of nitrogens with zero attached hydrogens (tertiary/aromatic N) is 1. The third kappa shape index (κ3) is 4.25. The Bertz CT molecular complexity index is 598. The van der Waals surface area contributed by atoms with Crippen molar-refractivity contribution in [3.05, 3.63) is 60.2 Å². The quantitative estimate of drug-likeness (QED) is 0.735. The Hall–Kier alpha value is -2.49. The first-order valence-electron chi connectivity index (χ1n) is 7.35. The highest BCUT2D eigenvalue weighted by Gasteiger charge is 2.07. The van der Waals surface area contributed by atoms with E-state index in [4.69, 9.17) is 9.47 Å². The minimum absolute atomic E-state index is 0.357. The number of benzene rings is 2.